The average Bonchev–Trinajstić information content (AvgIpc) is 2.74. The van der Waals surface area contributed by atoms with Gasteiger partial charge >= 0.3 is 0 Å². The van der Waals surface area contributed by atoms with Crippen molar-refractivity contribution in [3.63, 3.8) is 0 Å². The number of likely N-dealkylation sites (N-methyl/N-ethyl adjacent to an activating group) is 1. The Morgan fingerprint density at radius 3 is 2.67 bits per heavy atom. The minimum Gasteiger partial charge on any atom is -0.376 e. The molecule has 1 N–H and O–H groups in total. The second-order valence-corrected chi connectivity index (χ2v) is 7.68. The lowest BCUT2D eigenvalue weighted by atomic mass is 10.0. The van der Waals surface area contributed by atoms with Crippen LogP contribution in [0.5, 0.6) is 0 Å². The molecule has 18 heavy (non-hydrogen) atoms. The zero-order chi connectivity index (χ0) is 13.8. The third-order valence-corrected chi connectivity index (χ3v) is 5.52. The molecule has 6 nitrogen and oxygen atoms in total. The number of carbonyl (C=O) groups excluding carboxylic acids is 1. The summed E-state index contributed by atoms with van der Waals surface area (Å²) >= 11 is 1.79. The van der Waals surface area contributed by atoms with E-state index in [0.29, 0.717) is 6.54 Å². The highest BCUT2D eigenvalue weighted by Gasteiger charge is 2.34. The minimum absolute atomic E-state index is 0.161. The van der Waals surface area contributed by atoms with Crippen LogP contribution in [-0.2, 0) is 19.6 Å². The molecule has 8 heteroatoms. The van der Waals surface area contributed by atoms with Crippen LogP contribution in [0.25, 0.3) is 0 Å². The number of methoxy groups -OCH3 is 1. The molecule has 0 bridgehead atoms. The number of hydrogen-bond donors (Lipinski definition) is 1. The van der Waals surface area contributed by atoms with Crippen LogP contribution in [0, 0.1) is 0 Å². The summed E-state index contributed by atoms with van der Waals surface area (Å²) in [6.45, 7) is 0.263. The summed E-state index contributed by atoms with van der Waals surface area (Å²) in [7, 11) is -0.298. The van der Waals surface area contributed by atoms with Crippen molar-refractivity contribution < 1.29 is 17.9 Å². The number of rotatable bonds is 6. The quantitative estimate of drug-likeness (QED) is 0.716. The van der Waals surface area contributed by atoms with Gasteiger partial charge in [0.05, 0.1) is 18.4 Å². The molecule has 1 amide bonds. The van der Waals surface area contributed by atoms with E-state index in [0.717, 1.165) is 28.5 Å². The molecule has 0 aromatic carbocycles. The van der Waals surface area contributed by atoms with Crippen molar-refractivity contribution in [3.8, 4) is 0 Å². The van der Waals surface area contributed by atoms with Gasteiger partial charge < -0.3 is 10.1 Å². The van der Waals surface area contributed by atoms with Crippen LogP contribution < -0.4 is 5.32 Å². The molecule has 1 fully saturated rings. The number of nitrogens with zero attached hydrogens (tertiary/aromatic N) is 1. The topological polar surface area (TPSA) is 75.7 Å². The Balaban J connectivity index is 2.42. The smallest absolute Gasteiger partial charge is 0.235 e. The summed E-state index contributed by atoms with van der Waals surface area (Å²) in [4.78, 5) is 11.6. The average molecular weight is 296 g/mol. The first-order chi connectivity index (χ1) is 8.29. The van der Waals surface area contributed by atoms with Gasteiger partial charge in [-0.3, -0.25) is 4.79 Å². The molecular formula is C10H20N2O4S2. The lowest BCUT2D eigenvalue weighted by Crippen LogP contribution is -2.47. The predicted molar refractivity (Wildman–Crippen MR) is 72.2 cm³/mol. The standard InChI is InChI=1S/C10H20N2O4S2/c1-12(18(3,14)15)6-9(13)11-7-10(16-2)4-5-17-8-10/h4-8H2,1-3H3,(H,11,13). The first-order valence-corrected chi connectivity index (χ1v) is 8.60. The molecular weight excluding hydrogens is 276 g/mol. The van der Waals surface area contributed by atoms with E-state index in [1.165, 1.54) is 7.05 Å². The summed E-state index contributed by atoms with van der Waals surface area (Å²) < 4.78 is 28.8. The van der Waals surface area contributed by atoms with Crippen molar-refractivity contribution in [2.24, 2.45) is 0 Å². The van der Waals surface area contributed by atoms with Gasteiger partial charge in [0.1, 0.15) is 0 Å². The molecule has 1 saturated heterocycles. The number of carbonyl (C=O) groups is 1. The van der Waals surface area contributed by atoms with E-state index in [9.17, 15) is 13.2 Å². The van der Waals surface area contributed by atoms with E-state index < -0.39 is 10.0 Å². The van der Waals surface area contributed by atoms with E-state index in [-0.39, 0.29) is 18.1 Å². The Morgan fingerprint density at radius 2 is 2.22 bits per heavy atom. The fourth-order valence-corrected chi connectivity index (χ4v) is 3.34. The molecule has 1 aliphatic heterocycles. The third kappa shape index (κ3) is 4.42. The predicted octanol–water partition coefficient (Wildman–Crippen LogP) is -0.484. The van der Waals surface area contributed by atoms with Crippen LogP contribution in [0.2, 0.25) is 0 Å². The molecule has 1 unspecified atom stereocenters. The Kier molecular flexibility index (Phi) is 5.45. The normalized spacial score (nSPS) is 24.4. The highest BCUT2D eigenvalue weighted by Crippen LogP contribution is 2.30. The Hall–Kier alpha value is -0.310. The Labute approximate surface area is 112 Å². The highest BCUT2D eigenvalue weighted by molar-refractivity contribution is 7.99. The maximum absolute atomic E-state index is 11.6. The van der Waals surface area contributed by atoms with Crippen molar-refractivity contribution in [2.45, 2.75) is 12.0 Å². The van der Waals surface area contributed by atoms with E-state index in [1.54, 1.807) is 18.9 Å². The number of sulfonamides is 1. The van der Waals surface area contributed by atoms with E-state index >= 15 is 0 Å². The molecule has 1 rings (SSSR count). The first-order valence-electron chi connectivity index (χ1n) is 5.60. The third-order valence-electron chi connectivity index (χ3n) is 3.04. The fourth-order valence-electron chi connectivity index (χ4n) is 1.60. The van der Waals surface area contributed by atoms with Crippen molar-refractivity contribution in [1.29, 1.82) is 0 Å². The van der Waals surface area contributed by atoms with Gasteiger partial charge in [0, 0.05) is 26.5 Å². The molecule has 1 atom stereocenters. The zero-order valence-electron chi connectivity index (χ0n) is 10.9. The molecule has 1 aliphatic rings. The summed E-state index contributed by atoms with van der Waals surface area (Å²) in [6.07, 6.45) is 1.97. The molecule has 106 valence electrons. The number of hydrogen-bond acceptors (Lipinski definition) is 5. The monoisotopic (exact) mass is 296 g/mol. The number of nitrogens with one attached hydrogen (secondary N) is 1. The van der Waals surface area contributed by atoms with Crippen LogP contribution in [-0.4, -0.2) is 69.2 Å². The molecule has 0 spiro atoms. The maximum atomic E-state index is 11.6. The molecule has 0 aromatic rings. The summed E-state index contributed by atoms with van der Waals surface area (Å²) in [5.74, 6) is 1.56. The van der Waals surface area contributed by atoms with Crippen molar-refractivity contribution in [3.05, 3.63) is 0 Å². The van der Waals surface area contributed by atoms with Crippen molar-refractivity contribution in [2.75, 3.05) is 45.0 Å². The van der Waals surface area contributed by atoms with Crippen LogP contribution in [0.3, 0.4) is 0 Å². The largest absolute Gasteiger partial charge is 0.376 e. The van der Waals surface area contributed by atoms with E-state index in [1.807, 2.05) is 0 Å². The number of ether oxygens (including phenoxy) is 1. The molecule has 0 aliphatic carbocycles. The Bertz CT molecular complexity index is 391. The summed E-state index contributed by atoms with van der Waals surface area (Å²) in [5.41, 5.74) is -0.302. The molecule has 0 saturated carbocycles. The summed E-state index contributed by atoms with van der Waals surface area (Å²) in [5, 5.41) is 2.74. The van der Waals surface area contributed by atoms with Crippen LogP contribution in [0.4, 0.5) is 0 Å². The van der Waals surface area contributed by atoms with Gasteiger partial charge in [-0.1, -0.05) is 0 Å². The van der Waals surface area contributed by atoms with Gasteiger partial charge in [-0.2, -0.15) is 16.1 Å². The van der Waals surface area contributed by atoms with Crippen LogP contribution >= 0.6 is 11.8 Å². The molecule has 0 aromatic heterocycles. The number of amides is 1. The lowest BCUT2D eigenvalue weighted by Gasteiger charge is -2.27. The van der Waals surface area contributed by atoms with Crippen molar-refractivity contribution in [1.82, 2.24) is 9.62 Å². The first kappa shape index (κ1) is 15.7. The fraction of sp³-hybridized carbons (Fsp3) is 0.900. The maximum Gasteiger partial charge on any atom is 0.235 e. The van der Waals surface area contributed by atoms with Crippen LogP contribution in [0.15, 0.2) is 0 Å². The van der Waals surface area contributed by atoms with Crippen molar-refractivity contribution >= 4 is 27.7 Å². The second kappa shape index (κ2) is 6.23. The van der Waals surface area contributed by atoms with Crippen LogP contribution in [0.1, 0.15) is 6.42 Å². The van der Waals surface area contributed by atoms with Gasteiger partial charge in [0.15, 0.2) is 0 Å². The summed E-state index contributed by atoms with van der Waals surface area (Å²) in [6, 6.07) is 0. The van der Waals surface area contributed by atoms with Gasteiger partial charge in [0.25, 0.3) is 0 Å². The second-order valence-electron chi connectivity index (χ2n) is 4.49. The van der Waals surface area contributed by atoms with Gasteiger partial charge in [-0.05, 0) is 12.2 Å². The van der Waals surface area contributed by atoms with Gasteiger partial charge in [-0.15, -0.1) is 0 Å². The molecule has 0 radical (unpaired) electrons. The zero-order valence-corrected chi connectivity index (χ0v) is 12.6. The SMILES string of the molecule is COC1(CNC(=O)CN(C)S(C)(=O)=O)CCSC1. The minimum atomic E-state index is -3.32. The van der Waals surface area contributed by atoms with Gasteiger partial charge in [-0.25, -0.2) is 8.42 Å². The molecule has 1 heterocycles. The number of thioether (sulfide) groups is 1. The highest BCUT2D eigenvalue weighted by atomic mass is 32.2. The lowest BCUT2D eigenvalue weighted by molar-refractivity contribution is -0.122. The van der Waals surface area contributed by atoms with Gasteiger partial charge in [0.2, 0.25) is 15.9 Å². The Morgan fingerprint density at radius 1 is 1.56 bits per heavy atom. The van der Waals surface area contributed by atoms with E-state index in [4.69, 9.17) is 4.74 Å². The van der Waals surface area contributed by atoms with E-state index in [2.05, 4.69) is 5.32 Å².